The smallest absolute Gasteiger partial charge is 0.0720 e. The molecule has 0 saturated carbocycles. The predicted molar refractivity (Wildman–Crippen MR) is 324 cm³/mol. The van der Waals surface area contributed by atoms with Crippen LogP contribution in [0.15, 0.2) is 297 Å². The Morgan fingerprint density at radius 3 is 1.15 bits per heavy atom. The number of rotatable bonds is 8. The van der Waals surface area contributed by atoms with E-state index < -0.39 is 10.8 Å². The Balaban J connectivity index is 0.916. The molecular formula is C77H55N. The molecular weight excluding hydrogens is 939 g/mol. The van der Waals surface area contributed by atoms with Gasteiger partial charge in [-0.15, -0.1) is 0 Å². The summed E-state index contributed by atoms with van der Waals surface area (Å²) in [6.45, 7) is 4.74. The minimum Gasteiger partial charge on any atom is -0.310 e. The van der Waals surface area contributed by atoms with Crippen molar-refractivity contribution in [1.29, 1.82) is 0 Å². The number of anilines is 3. The van der Waals surface area contributed by atoms with E-state index in [9.17, 15) is 0 Å². The minimum atomic E-state index is -0.583. The summed E-state index contributed by atoms with van der Waals surface area (Å²) in [5.74, 6) is 0. The SMILES string of the molecule is CC1(C)c2ccccc2-c2ccc(N(c3ccc(-c4ccc5c(c4)C4(c6ccccc6-5)c5ccccc5C(c5ccccc5)(c5ccccc5)c5ccccc54)cc3)c3cc(-c4ccccc4)cc(-c4ccccc4)c3)cc21. The van der Waals surface area contributed by atoms with Gasteiger partial charge in [0.2, 0.25) is 0 Å². The van der Waals surface area contributed by atoms with Crippen LogP contribution >= 0.6 is 0 Å². The first-order valence-electron chi connectivity index (χ1n) is 27.4. The van der Waals surface area contributed by atoms with Crippen molar-refractivity contribution in [3.05, 3.63) is 353 Å². The van der Waals surface area contributed by atoms with Gasteiger partial charge in [0.25, 0.3) is 0 Å². The highest BCUT2D eigenvalue weighted by Crippen LogP contribution is 2.65. The second-order valence-corrected chi connectivity index (χ2v) is 21.9. The van der Waals surface area contributed by atoms with Crippen molar-refractivity contribution < 1.29 is 0 Å². The Labute approximate surface area is 458 Å². The first kappa shape index (κ1) is 45.8. The monoisotopic (exact) mass is 993 g/mol. The molecule has 0 heterocycles. The standard InChI is InChI=1S/C77H55N/c1-75(2)67-33-17-15-31-63(67)65-46-44-61(51-73(65)75)78(62-48-56(52-23-7-3-8-24-52)47-57(49-62)53-25-9-4-10-26-53)60-42-39-54(40-43-60)55-41-45-66-64-32-16-18-34-68(64)77(74(66)50-55)71-37-21-19-35-69(71)76(58-27-11-5-12-28-58,59-29-13-6-14-30-59)70-36-20-22-38-72(70)77/h3-51H,1-2H3. The summed E-state index contributed by atoms with van der Waals surface area (Å²) in [6, 6.07) is 111. The van der Waals surface area contributed by atoms with Crippen molar-refractivity contribution in [1.82, 2.24) is 0 Å². The van der Waals surface area contributed by atoms with Crippen LogP contribution < -0.4 is 4.90 Å². The number of hydrogen-bond donors (Lipinski definition) is 0. The van der Waals surface area contributed by atoms with E-state index in [4.69, 9.17) is 0 Å². The van der Waals surface area contributed by atoms with Gasteiger partial charge >= 0.3 is 0 Å². The van der Waals surface area contributed by atoms with Gasteiger partial charge in [-0.2, -0.15) is 0 Å². The fourth-order valence-electron chi connectivity index (χ4n) is 14.2. The van der Waals surface area contributed by atoms with Gasteiger partial charge in [-0.25, -0.2) is 0 Å². The zero-order chi connectivity index (χ0) is 52.0. The highest BCUT2D eigenvalue weighted by atomic mass is 15.1. The lowest BCUT2D eigenvalue weighted by molar-refractivity contribution is 0.624. The molecule has 0 aliphatic heterocycles. The topological polar surface area (TPSA) is 3.24 Å². The van der Waals surface area contributed by atoms with E-state index in [-0.39, 0.29) is 5.41 Å². The second-order valence-electron chi connectivity index (χ2n) is 21.9. The number of fused-ring (bicyclic) bond motifs is 12. The zero-order valence-electron chi connectivity index (χ0n) is 43.7. The highest BCUT2D eigenvalue weighted by molar-refractivity contribution is 5.93. The van der Waals surface area contributed by atoms with Crippen LogP contribution in [0.4, 0.5) is 17.1 Å². The van der Waals surface area contributed by atoms with Crippen LogP contribution in [0, 0.1) is 0 Å². The molecule has 368 valence electrons. The van der Waals surface area contributed by atoms with Crippen LogP contribution in [0.25, 0.3) is 55.6 Å². The third kappa shape index (κ3) is 6.68. The molecule has 0 aromatic heterocycles. The molecule has 0 fully saturated rings. The van der Waals surface area contributed by atoms with Gasteiger partial charge in [0, 0.05) is 22.5 Å². The average Bonchev–Trinajstić information content (AvgIpc) is 2.31. The normalized spacial score (nSPS) is 14.3. The number of nitrogens with zero attached hydrogens (tertiary/aromatic N) is 1. The second kappa shape index (κ2) is 17.8. The van der Waals surface area contributed by atoms with Gasteiger partial charge in [0.1, 0.15) is 0 Å². The van der Waals surface area contributed by atoms with E-state index in [1.807, 2.05) is 0 Å². The Morgan fingerprint density at radius 1 is 0.218 bits per heavy atom. The lowest BCUT2D eigenvalue weighted by Crippen LogP contribution is -2.44. The molecule has 0 bridgehead atoms. The fraction of sp³-hybridized carbons (Fsp3) is 0.0649. The van der Waals surface area contributed by atoms with Crippen molar-refractivity contribution in [2.45, 2.75) is 30.1 Å². The largest absolute Gasteiger partial charge is 0.310 e. The van der Waals surface area contributed by atoms with E-state index >= 15 is 0 Å². The van der Waals surface area contributed by atoms with Gasteiger partial charge in [-0.3, -0.25) is 0 Å². The molecule has 3 aliphatic rings. The van der Waals surface area contributed by atoms with Gasteiger partial charge in [-0.1, -0.05) is 263 Å². The first-order valence-corrected chi connectivity index (χ1v) is 27.4. The summed E-state index contributed by atoms with van der Waals surface area (Å²) < 4.78 is 0. The van der Waals surface area contributed by atoms with Crippen LogP contribution in [0.1, 0.15) is 69.5 Å². The minimum absolute atomic E-state index is 0.160. The molecule has 15 rings (SSSR count). The molecule has 3 aliphatic carbocycles. The molecule has 1 spiro atoms. The van der Waals surface area contributed by atoms with Crippen molar-refractivity contribution in [3.8, 4) is 55.6 Å². The summed E-state index contributed by atoms with van der Waals surface area (Å²) in [5.41, 5.74) is 27.4. The van der Waals surface area contributed by atoms with Gasteiger partial charge < -0.3 is 4.90 Å². The van der Waals surface area contributed by atoms with Crippen LogP contribution in [0.3, 0.4) is 0 Å². The maximum atomic E-state index is 2.52. The summed E-state index contributed by atoms with van der Waals surface area (Å²) in [6.07, 6.45) is 0. The molecule has 0 radical (unpaired) electrons. The summed E-state index contributed by atoms with van der Waals surface area (Å²) in [4.78, 5) is 2.47. The zero-order valence-corrected chi connectivity index (χ0v) is 43.7. The van der Waals surface area contributed by atoms with E-state index in [1.165, 1.54) is 111 Å². The molecule has 0 N–H and O–H groups in total. The fourth-order valence-corrected chi connectivity index (χ4v) is 14.2. The summed E-state index contributed by atoms with van der Waals surface area (Å²) >= 11 is 0. The quantitative estimate of drug-likeness (QED) is 0.147. The molecule has 0 atom stereocenters. The van der Waals surface area contributed by atoms with Gasteiger partial charge in [0.15, 0.2) is 0 Å². The summed E-state index contributed by atoms with van der Waals surface area (Å²) in [7, 11) is 0. The lowest BCUT2D eigenvalue weighted by atomic mass is 9.51. The van der Waals surface area contributed by atoms with Crippen molar-refractivity contribution in [3.63, 3.8) is 0 Å². The number of benzene rings is 12. The predicted octanol–water partition coefficient (Wildman–Crippen LogP) is 19.5. The highest BCUT2D eigenvalue weighted by Gasteiger charge is 2.56. The molecule has 1 heteroatoms. The molecule has 12 aromatic carbocycles. The van der Waals surface area contributed by atoms with Crippen molar-refractivity contribution >= 4 is 17.1 Å². The van der Waals surface area contributed by atoms with Crippen molar-refractivity contribution in [2.24, 2.45) is 0 Å². The maximum absolute atomic E-state index is 2.52. The maximum Gasteiger partial charge on any atom is 0.0720 e. The van der Waals surface area contributed by atoms with E-state index in [0.29, 0.717) is 0 Å². The Morgan fingerprint density at radius 2 is 0.603 bits per heavy atom. The average molecular weight is 994 g/mol. The van der Waals surface area contributed by atoms with Gasteiger partial charge in [-0.05, 0) is 160 Å². The first-order chi connectivity index (χ1) is 38.4. The van der Waals surface area contributed by atoms with Crippen molar-refractivity contribution in [2.75, 3.05) is 4.90 Å². The molecule has 78 heavy (non-hydrogen) atoms. The van der Waals surface area contributed by atoms with Gasteiger partial charge in [0.05, 0.1) is 10.8 Å². The van der Waals surface area contributed by atoms with E-state index in [0.717, 1.165) is 17.1 Å². The Kier molecular flexibility index (Phi) is 10.4. The lowest BCUT2D eigenvalue weighted by Gasteiger charge is -2.50. The Bertz CT molecular complexity index is 4120. The molecule has 0 saturated heterocycles. The molecule has 12 aromatic rings. The number of hydrogen-bond acceptors (Lipinski definition) is 1. The van der Waals surface area contributed by atoms with E-state index in [2.05, 4.69) is 316 Å². The molecule has 1 nitrogen and oxygen atoms in total. The van der Waals surface area contributed by atoms with Crippen LogP contribution in [-0.4, -0.2) is 0 Å². The van der Waals surface area contributed by atoms with Crippen LogP contribution in [0.5, 0.6) is 0 Å². The third-order valence-corrected chi connectivity index (χ3v) is 17.6. The van der Waals surface area contributed by atoms with E-state index in [1.54, 1.807) is 0 Å². The molecule has 0 amide bonds. The van der Waals surface area contributed by atoms with Crippen LogP contribution in [-0.2, 0) is 16.2 Å². The Hall–Kier alpha value is -9.56. The molecule has 0 unspecified atom stereocenters. The van der Waals surface area contributed by atoms with Crippen LogP contribution in [0.2, 0.25) is 0 Å². The summed E-state index contributed by atoms with van der Waals surface area (Å²) in [5, 5.41) is 0. The third-order valence-electron chi connectivity index (χ3n) is 17.6.